The van der Waals surface area contributed by atoms with Crippen LogP contribution in [0.3, 0.4) is 0 Å². The number of benzene rings is 1. The molecule has 3 aromatic rings. The van der Waals surface area contributed by atoms with Crippen LogP contribution in [-0.4, -0.2) is 43.3 Å². The fourth-order valence-corrected chi connectivity index (χ4v) is 4.06. The van der Waals surface area contributed by atoms with Gasteiger partial charge in [-0.1, -0.05) is 6.07 Å². The largest absolute Gasteiger partial charge is 0.464 e. The van der Waals surface area contributed by atoms with Gasteiger partial charge in [0.05, 0.1) is 12.1 Å². The molecule has 8 nitrogen and oxygen atoms in total. The van der Waals surface area contributed by atoms with Crippen LogP contribution in [0.4, 0.5) is 9.59 Å². The Hall–Kier alpha value is -3.20. The smallest absolute Gasteiger partial charge is 0.417 e. The molecular formula is C21H18BrN3O5. The fraction of sp³-hybridized carbons (Fsp3) is 0.238. The van der Waals surface area contributed by atoms with Crippen molar-refractivity contribution in [1.82, 2.24) is 14.5 Å². The van der Waals surface area contributed by atoms with Crippen LogP contribution in [0.25, 0.3) is 22.2 Å². The highest BCUT2D eigenvalue weighted by Gasteiger charge is 2.38. The van der Waals surface area contributed by atoms with Gasteiger partial charge in [0.25, 0.3) is 5.91 Å². The van der Waals surface area contributed by atoms with Crippen molar-refractivity contribution < 1.29 is 24.2 Å². The number of ether oxygens (including phenoxy) is 1. The van der Waals surface area contributed by atoms with Gasteiger partial charge in [-0.25, -0.2) is 24.0 Å². The first-order chi connectivity index (χ1) is 14.1. The maximum atomic E-state index is 13.0. The van der Waals surface area contributed by atoms with E-state index < -0.39 is 23.7 Å². The lowest BCUT2D eigenvalue weighted by atomic mass is 9.97. The molecule has 0 bridgehead atoms. The Balaban J connectivity index is 1.87. The molecule has 2 aromatic heterocycles. The molecule has 0 spiro atoms. The average Bonchev–Trinajstić information content (AvgIpc) is 3.20. The van der Waals surface area contributed by atoms with Crippen molar-refractivity contribution in [3.05, 3.63) is 52.3 Å². The van der Waals surface area contributed by atoms with E-state index in [4.69, 9.17) is 4.74 Å². The molecule has 0 radical (unpaired) electrons. The minimum Gasteiger partial charge on any atom is -0.464 e. The Kier molecular flexibility index (Phi) is 4.65. The first kappa shape index (κ1) is 20.1. The van der Waals surface area contributed by atoms with Gasteiger partial charge in [-0.05, 0) is 66.0 Å². The number of pyridine rings is 1. The number of hydrogen-bond acceptors (Lipinski definition) is 5. The molecule has 0 fully saturated rings. The Bertz CT molecular complexity index is 1230. The molecule has 9 heteroatoms. The van der Waals surface area contributed by atoms with Crippen molar-refractivity contribution in [3.8, 4) is 11.1 Å². The molecule has 154 valence electrons. The van der Waals surface area contributed by atoms with Gasteiger partial charge < -0.3 is 9.84 Å². The van der Waals surface area contributed by atoms with E-state index in [1.807, 2.05) is 0 Å². The van der Waals surface area contributed by atoms with Crippen LogP contribution in [0.2, 0.25) is 0 Å². The lowest BCUT2D eigenvalue weighted by Crippen LogP contribution is -2.36. The normalized spacial score (nSPS) is 13.6. The zero-order valence-corrected chi connectivity index (χ0v) is 18.1. The van der Waals surface area contributed by atoms with E-state index in [-0.39, 0.29) is 6.54 Å². The third-order valence-corrected chi connectivity index (χ3v) is 5.37. The van der Waals surface area contributed by atoms with E-state index in [1.165, 1.54) is 12.4 Å². The highest BCUT2D eigenvalue weighted by molar-refractivity contribution is 9.10. The maximum Gasteiger partial charge on any atom is 0.417 e. The van der Waals surface area contributed by atoms with Gasteiger partial charge in [0.1, 0.15) is 11.2 Å². The van der Waals surface area contributed by atoms with E-state index in [0.29, 0.717) is 37.8 Å². The summed E-state index contributed by atoms with van der Waals surface area (Å²) in [6.07, 6.45) is 1.11. The summed E-state index contributed by atoms with van der Waals surface area (Å²) in [6.45, 7) is 5.22. The quantitative estimate of drug-likeness (QED) is 0.542. The SMILES string of the molecule is CC(C)(C)OC(=O)N1Cc2c(-c3cn(C(=O)O)c4ncccc34)ccc(Br)c2C1=O. The summed E-state index contributed by atoms with van der Waals surface area (Å²) in [6, 6.07) is 7.00. The average molecular weight is 472 g/mol. The van der Waals surface area contributed by atoms with Crippen LogP contribution in [-0.2, 0) is 11.3 Å². The van der Waals surface area contributed by atoms with Crippen molar-refractivity contribution in [2.75, 3.05) is 0 Å². The van der Waals surface area contributed by atoms with Gasteiger partial charge >= 0.3 is 12.2 Å². The van der Waals surface area contributed by atoms with Gasteiger partial charge in [-0.15, -0.1) is 0 Å². The highest BCUT2D eigenvalue weighted by atomic mass is 79.9. The van der Waals surface area contributed by atoms with Gasteiger partial charge in [-0.3, -0.25) is 4.79 Å². The number of imide groups is 1. The van der Waals surface area contributed by atoms with E-state index in [9.17, 15) is 19.5 Å². The Morgan fingerprint density at radius 1 is 1.20 bits per heavy atom. The van der Waals surface area contributed by atoms with Gasteiger partial charge in [0, 0.05) is 27.8 Å². The van der Waals surface area contributed by atoms with Crippen LogP contribution in [0, 0.1) is 0 Å². The third-order valence-electron chi connectivity index (χ3n) is 4.71. The van der Waals surface area contributed by atoms with Crippen molar-refractivity contribution in [1.29, 1.82) is 0 Å². The predicted octanol–water partition coefficient (Wildman–Crippen LogP) is 4.88. The molecule has 0 unspecified atom stereocenters. The first-order valence-corrected chi connectivity index (χ1v) is 9.94. The molecule has 0 saturated carbocycles. The zero-order chi connectivity index (χ0) is 21.8. The predicted molar refractivity (Wildman–Crippen MR) is 112 cm³/mol. The van der Waals surface area contributed by atoms with Gasteiger partial charge in [-0.2, -0.15) is 0 Å². The van der Waals surface area contributed by atoms with Crippen LogP contribution in [0.5, 0.6) is 0 Å². The number of rotatable bonds is 1. The lowest BCUT2D eigenvalue weighted by molar-refractivity contribution is 0.0248. The maximum absolute atomic E-state index is 13.0. The summed E-state index contributed by atoms with van der Waals surface area (Å²) in [5.41, 5.74) is 1.80. The molecule has 2 amide bonds. The van der Waals surface area contributed by atoms with Crippen LogP contribution < -0.4 is 0 Å². The second-order valence-electron chi connectivity index (χ2n) is 7.89. The van der Waals surface area contributed by atoms with Crippen LogP contribution in [0.1, 0.15) is 36.7 Å². The molecule has 1 aromatic carbocycles. The summed E-state index contributed by atoms with van der Waals surface area (Å²) in [5, 5.41) is 10.2. The standard InChI is InChI=1S/C21H18BrN3O5/c1-21(2,3)30-20(29)25-10-14-11(6-7-15(22)16(14)18(25)26)13-9-24(19(27)28)17-12(13)5-4-8-23-17/h4-9H,10H2,1-3H3,(H,27,28). The summed E-state index contributed by atoms with van der Waals surface area (Å²) in [4.78, 5) is 42.5. The van der Waals surface area contributed by atoms with E-state index in [1.54, 1.807) is 45.0 Å². The first-order valence-electron chi connectivity index (χ1n) is 9.14. The highest BCUT2D eigenvalue weighted by Crippen LogP contribution is 2.40. The minimum atomic E-state index is -1.16. The molecule has 0 saturated heterocycles. The number of fused-ring (bicyclic) bond motifs is 2. The second-order valence-corrected chi connectivity index (χ2v) is 8.74. The number of aromatic nitrogens is 2. The van der Waals surface area contributed by atoms with Gasteiger partial charge in [0.15, 0.2) is 0 Å². The van der Waals surface area contributed by atoms with E-state index >= 15 is 0 Å². The molecule has 3 heterocycles. The molecule has 4 rings (SSSR count). The molecule has 1 aliphatic heterocycles. The van der Waals surface area contributed by atoms with E-state index in [2.05, 4.69) is 20.9 Å². The number of carbonyl (C=O) groups is 3. The van der Waals surface area contributed by atoms with Gasteiger partial charge in [0.2, 0.25) is 0 Å². The molecule has 1 N–H and O–H groups in total. The molecule has 1 aliphatic rings. The van der Waals surface area contributed by atoms with Crippen molar-refractivity contribution in [2.45, 2.75) is 32.9 Å². The monoisotopic (exact) mass is 471 g/mol. The Labute approximate surface area is 180 Å². The number of halogens is 1. The van der Waals surface area contributed by atoms with Crippen molar-refractivity contribution in [3.63, 3.8) is 0 Å². The number of carboxylic acid groups (broad SMARTS) is 1. The van der Waals surface area contributed by atoms with Crippen LogP contribution in [0.15, 0.2) is 41.1 Å². The molecule has 30 heavy (non-hydrogen) atoms. The summed E-state index contributed by atoms with van der Waals surface area (Å²) >= 11 is 3.40. The van der Waals surface area contributed by atoms with Crippen LogP contribution >= 0.6 is 15.9 Å². The summed E-state index contributed by atoms with van der Waals surface area (Å²) < 4.78 is 6.97. The number of carbonyl (C=O) groups excluding carboxylic acids is 2. The third kappa shape index (κ3) is 3.24. The Morgan fingerprint density at radius 3 is 2.60 bits per heavy atom. The van der Waals surface area contributed by atoms with Crippen molar-refractivity contribution in [2.24, 2.45) is 0 Å². The lowest BCUT2D eigenvalue weighted by Gasteiger charge is -2.23. The topological polar surface area (TPSA) is 102 Å². The van der Waals surface area contributed by atoms with Crippen molar-refractivity contribution >= 4 is 45.1 Å². The number of nitrogens with zero attached hydrogens (tertiary/aromatic N) is 3. The fourth-order valence-electron chi connectivity index (χ4n) is 3.52. The number of hydrogen-bond donors (Lipinski definition) is 1. The molecule has 0 atom stereocenters. The number of amides is 2. The second kappa shape index (κ2) is 6.94. The molecule has 0 aliphatic carbocycles. The summed E-state index contributed by atoms with van der Waals surface area (Å²) in [5.74, 6) is -0.465. The zero-order valence-electron chi connectivity index (χ0n) is 16.5. The minimum absolute atomic E-state index is 0.0257. The molecular weight excluding hydrogens is 454 g/mol. The van der Waals surface area contributed by atoms with E-state index in [0.717, 1.165) is 9.47 Å². The summed E-state index contributed by atoms with van der Waals surface area (Å²) in [7, 11) is 0. The Morgan fingerprint density at radius 2 is 1.93 bits per heavy atom.